The number of hydrogen-bond acceptors (Lipinski definition) is 4. The normalized spacial score (nSPS) is 15.8. The van der Waals surface area contributed by atoms with Gasteiger partial charge in [0.1, 0.15) is 0 Å². The Kier molecular flexibility index (Phi) is 9.38. The van der Waals surface area contributed by atoms with Crippen molar-refractivity contribution in [1.82, 2.24) is 15.2 Å². The summed E-state index contributed by atoms with van der Waals surface area (Å²) in [6.45, 7) is 3.31. The van der Waals surface area contributed by atoms with Crippen molar-refractivity contribution in [2.75, 3.05) is 25.5 Å². The second-order valence-corrected chi connectivity index (χ2v) is 6.57. The van der Waals surface area contributed by atoms with Crippen LogP contribution in [-0.4, -0.2) is 47.9 Å². The summed E-state index contributed by atoms with van der Waals surface area (Å²) in [5.74, 6) is -0.291. The number of amides is 2. The van der Waals surface area contributed by atoms with E-state index in [0.717, 1.165) is 24.9 Å². The topological polar surface area (TPSA) is 74.3 Å². The number of rotatable bonds is 4. The van der Waals surface area contributed by atoms with Gasteiger partial charge in [-0.1, -0.05) is 12.1 Å². The number of carbonyl (C=O) groups excluding carboxylic acids is 2. The third-order valence-electron chi connectivity index (χ3n) is 4.80. The molecule has 2 aromatic rings. The van der Waals surface area contributed by atoms with E-state index in [2.05, 4.69) is 15.6 Å². The molecule has 2 N–H and O–H groups in total. The van der Waals surface area contributed by atoms with Gasteiger partial charge in [0.2, 0.25) is 0 Å². The van der Waals surface area contributed by atoms with Crippen LogP contribution < -0.4 is 10.6 Å². The Hall–Kier alpha value is -2.15. The van der Waals surface area contributed by atoms with Gasteiger partial charge in [-0.2, -0.15) is 0 Å². The van der Waals surface area contributed by atoms with E-state index in [0.29, 0.717) is 29.4 Å². The van der Waals surface area contributed by atoms with Gasteiger partial charge in [-0.25, -0.2) is 0 Å². The Bertz CT molecular complexity index is 802. The molecule has 28 heavy (non-hydrogen) atoms. The van der Waals surface area contributed by atoms with Gasteiger partial charge in [0.15, 0.2) is 0 Å². The van der Waals surface area contributed by atoms with Gasteiger partial charge in [0, 0.05) is 37.1 Å². The average Bonchev–Trinajstić information content (AvgIpc) is 2.69. The number of para-hydroxylation sites is 1. The third kappa shape index (κ3) is 5.44. The average molecular weight is 425 g/mol. The van der Waals surface area contributed by atoms with Crippen molar-refractivity contribution < 1.29 is 9.59 Å². The molecule has 1 aliphatic rings. The maximum atomic E-state index is 13.1. The number of nitrogens with one attached hydrogen (secondary N) is 2. The van der Waals surface area contributed by atoms with E-state index in [1.807, 2.05) is 31.0 Å². The zero-order valence-corrected chi connectivity index (χ0v) is 17.6. The molecule has 2 amide bonds. The van der Waals surface area contributed by atoms with Crippen molar-refractivity contribution >= 4 is 42.3 Å². The first-order valence-corrected chi connectivity index (χ1v) is 8.87. The van der Waals surface area contributed by atoms with Gasteiger partial charge in [0.25, 0.3) is 11.8 Å². The molecule has 0 aliphatic carbocycles. The van der Waals surface area contributed by atoms with Crippen molar-refractivity contribution in [2.24, 2.45) is 0 Å². The summed E-state index contributed by atoms with van der Waals surface area (Å²) in [7, 11) is 1.92. The molecule has 1 atom stereocenters. The standard InChI is InChI=1S/C20H24N4O2.2ClH/c1-14-5-3-7-17(20(26)24-12-4-6-16(13-24)21-2)18(14)23-19(25)15-8-10-22-11-9-15;;/h3,5,7-11,16,21H,4,6,12-13H2,1-2H3,(H,23,25);2*1H. The van der Waals surface area contributed by atoms with Crippen molar-refractivity contribution in [3.8, 4) is 0 Å². The molecular weight excluding hydrogens is 399 g/mol. The first-order chi connectivity index (χ1) is 12.6. The van der Waals surface area contributed by atoms with Crippen LogP contribution >= 0.6 is 24.8 Å². The summed E-state index contributed by atoms with van der Waals surface area (Å²) in [4.78, 5) is 31.4. The largest absolute Gasteiger partial charge is 0.337 e. The molecule has 1 aromatic carbocycles. The Morgan fingerprint density at radius 1 is 1.14 bits per heavy atom. The molecule has 0 spiro atoms. The summed E-state index contributed by atoms with van der Waals surface area (Å²) in [6, 6.07) is 9.14. The van der Waals surface area contributed by atoms with E-state index in [4.69, 9.17) is 0 Å². The monoisotopic (exact) mass is 424 g/mol. The van der Waals surface area contributed by atoms with Crippen LogP contribution in [0.4, 0.5) is 5.69 Å². The molecule has 0 bridgehead atoms. The number of aromatic nitrogens is 1. The van der Waals surface area contributed by atoms with Crippen LogP contribution in [0.5, 0.6) is 0 Å². The van der Waals surface area contributed by atoms with E-state index in [9.17, 15) is 9.59 Å². The van der Waals surface area contributed by atoms with Crippen molar-refractivity contribution in [2.45, 2.75) is 25.8 Å². The van der Waals surface area contributed by atoms with Crippen LogP contribution in [0.15, 0.2) is 42.7 Å². The minimum Gasteiger partial charge on any atom is -0.337 e. The maximum Gasteiger partial charge on any atom is 0.256 e. The Balaban J connectivity index is 0.00000196. The summed E-state index contributed by atoms with van der Waals surface area (Å²) in [5, 5.41) is 6.16. The first kappa shape index (κ1) is 23.9. The lowest BCUT2D eigenvalue weighted by Gasteiger charge is -2.33. The highest BCUT2D eigenvalue weighted by Crippen LogP contribution is 2.24. The number of nitrogens with zero attached hydrogens (tertiary/aromatic N) is 2. The summed E-state index contributed by atoms with van der Waals surface area (Å²) >= 11 is 0. The fourth-order valence-electron chi connectivity index (χ4n) is 3.27. The second kappa shape index (κ2) is 11.0. The number of pyridine rings is 1. The fraction of sp³-hybridized carbons (Fsp3) is 0.350. The molecule has 8 heteroatoms. The van der Waals surface area contributed by atoms with Crippen LogP contribution in [0, 0.1) is 6.92 Å². The SMILES string of the molecule is CNC1CCCN(C(=O)c2cccc(C)c2NC(=O)c2ccncc2)C1.Cl.Cl. The van der Waals surface area contributed by atoms with Crippen LogP contribution in [0.25, 0.3) is 0 Å². The molecule has 1 unspecified atom stereocenters. The van der Waals surface area contributed by atoms with Crippen LogP contribution in [0.2, 0.25) is 0 Å². The van der Waals surface area contributed by atoms with Crippen LogP contribution in [0.1, 0.15) is 39.1 Å². The smallest absolute Gasteiger partial charge is 0.256 e. The molecule has 6 nitrogen and oxygen atoms in total. The number of benzene rings is 1. The van der Waals surface area contributed by atoms with E-state index in [1.165, 1.54) is 0 Å². The van der Waals surface area contributed by atoms with Crippen molar-refractivity contribution in [3.05, 3.63) is 59.4 Å². The van der Waals surface area contributed by atoms with E-state index >= 15 is 0 Å². The van der Waals surface area contributed by atoms with Crippen LogP contribution in [0.3, 0.4) is 0 Å². The first-order valence-electron chi connectivity index (χ1n) is 8.87. The fourth-order valence-corrected chi connectivity index (χ4v) is 3.27. The predicted molar refractivity (Wildman–Crippen MR) is 116 cm³/mol. The second-order valence-electron chi connectivity index (χ2n) is 6.57. The molecule has 152 valence electrons. The Morgan fingerprint density at radius 2 is 1.86 bits per heavy atom. The van der Waals surface area contributed by atoms with E-state index < -0.39 is 0 Å². The Labute approximate surface area is 177 Å². The van der Waals surface area contributed by atoms with Gasteiger partial charge < -0.3 is 15.5 Å². The lowest BCUT2D eigenvalue weighted by molar-refractivity contribution is 0.0699. The van der Waals surface area contributed by atoms with Gasteiger partial charge in [0.05, 0.1) is 11.3 Å². The maximum absolute atomic E-state index is 13.1. The summed E-state index contributed by atoms with van der Waals surface area (Å²) in [6.07, 6.45) is 5.19. The molecular formula is C20H26Cl2N4O2. The molecule has 2 heterocycles. The number of likely N-dealkylation sites (tertiary alicyclic amines) is 1. The number of carbonyl (C=O) groups is 2. The molecule has 1 aliphatic heterocycles. The summed E-state index contributed by atoms with van der Waals surface area (Å²) < 4.78 is 0. The van der Waals surface area contributed by atoms with E-state index in [1.54, 1.807) is 30.6 Å². The quantitative estimate of drug-likeness (QED) is 0.789. The van der Waals surface area contributed by atoms with Gasteiger partial charge >= 0.3 is 0 Å². The summed E-state index contributed by atoms with van der Waals surface area (Å²) in [5.41, 5.74) is 2.48. The van der Waals surface area contributed by atoms with Crippen molar-refractivity contribution in [3.63, 3.8) is 0 Å². The number of hydrogen-bond donors (Lipinski definition) is 2. The number of anilines is 1. The highest BCUT2D eigenvalue weighted by Gasteiger charge is 2.26. The number of aryl methyl sites for hydroxylation is 1. The highest BCUT2D eigenvalue weighted by atomic mass is 35.5. The highest BCUT2D eigenvalue weighted by molar-refractivity contribution is 6.09. The molecule has 1 fully saturated rings. The van der Waals surface area contributed by atoms with Gasteiger partial charge in [-0.3, -0.25) is 14.6 Å². The zero-order valence-electron chi connectivity index (χ0n) is 16.0. The zero-order chi connectivity index (χ0) is 18.5. The third-order valence-corrected chi connectivity index (χ3v) is 4.80. The number of halogens is 2. The molecule has 0 saturated carbocycles. The lowest BCUT2D eigenvalue weighted by Crippen LogP contribution is -2.47. The van der Waals surface area contributed by atoms with Gasteiger partial charge in [-0.05, 0) is 50.6 Å². The minimum absolute atomic E-state index is 0. The molecule has 1 aromatic heterocycles. The van der Waals surface area contributed by atoms with Crippen LogP contribution in [-0.2, 0) is 0 Å². The predicted octanol–water partition coefficient (Wildman–Crippen LogP) is 3.31. The lowest BCUT2D eigenvalue weighted by atomic mass is 10.0. The molecule has 3 rings (SSSR count). The van der Waals surface area contributed by atoms with Crippen molar-refractivity contribution in [1.29, 1.82) is 0 Å². The number of likely N-dealkylation sites (N-methyl/N-ethyl adjacent to an activating group) is 1. The Morgan fingerprint density at radius 3 is 2.54 bits per heavy atom. The molecule has 0 radical (unpaired) electrons. The number of piperidine rings is 1. The minimum atomic E-state index is -0.248. The molecule has 1 saturated heterocycles. The van der Waals surface area contributed by atoms with Gasteiger partial charge in [-0.15, -0.1) is 24.8 Å². The van der Waals surface area contributed by atoms with E-state index in [-0.39, 0.29) is 36.6 Å².